The number of rotatable bonds is 5. The molecule has 1 saturated carbocycles. The Morgan fingerprint density at radius 2 is 2.08 bits per heavy atom. The Morgan fingerprint density at radius 3 is 2.50 bits per heavy atom. The highest BCUT2D eigenvalue weighted by atomic mass is 32.2. The molecule has 3 nitrogen and oxygen atoms in total. The monoisotopic (exact) mass is 191 g/mol. The molecule has 72 valence electrons. The average Bonchev–Trinajstić information content (AvgIpc) is 2.69. The molecule has 1 unspecified atom stereocenters. The smallest absolute Gasteiger partial charge is 0.152 e. The summed E-state index contributed by atoms with van der Waals surface area (Å²) in [6, 6.07) is -0.172. The van der Waals surface area contributed by atoms with Crippen molar-refractivity contribution in [2.24, 2.45) is 11.7 Å². The summed E-state index contributed by atoms with van der Waals surface area (Å²) < 4.78 is 22.7. The van der Waals surface area contributed by atoms with Gasteiger partial charge in [-0.05, 0) is 25.2 Å². The third-order valence-electron chi connectivity index (χ3n) is 2.18. The normalized spacial score (nSPS) is 20.8. The average molecular weight is 191 g/mol. The van der Waals surface area contributed by atoms with Crippen molar-refractivity contribution in [3.63, 3.8) is 0 Å². The van der Waals surface area contributed by atoms with Gasteiger partial charge in [-0.25, -0.2) is 8.42 Å². The summed E-state index contributed by atoms with van der Waals surface area (Å²) in [5, 5.41) is 0. The minimum atomic E-state index is -2.85. The van der Waals surface area contributed by atoms with Gasteiger partial charge in [0.05, 0.1) is 11.5 Å². The molecule has 1 aliphatic carbocycles. The van der Waals surface area contributed by atoms with Crippen LogP contribution in [0.3, 0.4) is 0 Å². The lowest BCUT2D eigenvalue weighted by Gasteiger charge is -2.08. The summed E-state index contributed by atoms with van der Waals surface area (Å²) in [4.78, 5) is 0. The van der Waals surface area contributed by atoms with Crippen LogP contribution in [0.2, 0.25) is 0 Å². The minimum absolute atomic E-state index is 0.167. The van der Waals surface area contributed by atoms with Gasteiger partial charge >= 0.3 is 0 Å². The summed E-state index contributed by atoms with van der Waals surface area (Å²) in [6.45, 7) is 1.91. The molecule has 1 fully saturated rings. The molecule has 0 radical (unpaired) electrons. The molecule has 0 aromatic carbocycles. The molecular weight excluding hydrogens is 174 g/mol. The summed E-state index contributed by atoms with van der Waals surface area (Å²) in [5.74, 6) is 0.972. The molecular formula is C8H17NO2S. The van der Waals surface area contributed by atoms with E-state index in [-0.39, 0.29) is 11.8 Å². The molecule has 0 aromatic heterocycles. The van der Waals surface area contributed by atoms with Crippen molar-refractivity contribution in [1.82, 2.24) is 0 Å². The van der Waals surface area contributed by atoms with E-state index in [4.69, 9.17) is 5.73 Å². The second-order valence-corrected chi connectivity index (χ2v) is 5.84. The van der Waals surface area contributed by atoms with E-state index < -0.39 is 9.84 Å². The molecule has 0 amide bonds. The zero-order valence-corrected chi connectivity index (χ0v) is 8.31. The van der Waals surface area contributed by atoms with Gasteiger partial charge < -0.3 is 5.73 Å². The standard InChI is InChI=1S/C8H17NO2S/c1-2-8(9)6-12(10,11)5-7-3-4-7/h7-8H,2-6,9H2,1H3. The van der Waals surface area contributed by atoms with Crippen LogP contribution in [0, 0.1) is 5.92 Å². The highest BCUT2D eigenvalue weighted by Gasteiger charge is 2.28. The zero-order valence-electron chi connectivity index (χ0n) is 7.49. The van der Waals surface area contributed by atoms with Crippen molar-refractivity contribution < 1.29 is 8.42 Å². The van der Waals surface area contributed by atoms with Crippen LogP contribution in [0.1, 0.15) is 26.2 Å². The number of hydrogen-bond acceptors (Lipinski definition) is 3. The van der Waals surface area contributed by atoms with Gasteiger partial charge in [0.15, 0.2) is 9.84 Å². The van der Waals surface area contributed by atoms with Gasteiger partial charge in [0.2, 0.25) is 0 Å². The van der Waals surface area contributed by atoms with Crippen LogP contribution >= 0.6 is 0 Å². The van der Waals surface area contributed by atoms with Gasteiger partial charge in [-0.2, -0.15) is 0 Å². The Bertz CT molecular complexity index is 231. The molecule has 1 atom stereocenters. The predicted octanol–water partition coefficient (Wildman–Crippen LogP) is 0.548. The quantitative estimate of drug-likeness (QED) is 0.690. The first-order chi connectivity index (χ1) is 5.53. The number of hydrogen-bond donors (Lipinski definition) is 1. The first kappa shape index (κ1) is 9.99. The lowest BCUT2D eigenvalue weighted by atomic mass is 10.3. The van der Waals surface area contributed by atoms with Gasteiger partial charge in [0.25, 0.3) is 0 Å². The lowest BCUT2D eigenvalue weighted by molar-refractivity contribution is 0.580. The second kappa shape index (κ2) is 3.75. The first-order valence-electron chi connectivity index (χ1n) is 4.49. The predicted molar refractivity (Wildman–Crippen MR) is 49.6 cm³/mol. The van der Waals surface area contributed by atoms with E-state index in [2.05, 4.69) is 0 Å². The van der Waals surface area contributed by atoms with Crippen molar-refractivity contribution in [3.8, 4) is 0 Å². The highest BCUT2D eigenvalue weighted by Crippen LogP contribution is 2.30. The van der Waals surface area contributed by atoms with Gasteiger partial charge in [-0.1, -0.05) is 6.92 Å². The molecule has 0 aromatic rings. The van der Waals surface area contributed by atoms with Gasteiger partial charge in [0, 0.05) is 6.04 Å². The third kappa shape index (κ3) is 3.54. The lowest BCUT2D eigenvalue weighted by Crippen LogP contribution is -2.30. The molecule has 0 spiro atoms. The van der Waals surface area contributed by atoms with E-state index in [1.165, 1.54) is 0 Å². The number of sulfone groups is 1. The fraction of sp³-hybridized carbons (Fsp3) is 1.00. The zero-order chi connectivity index (χ0) is 9.19. The molecule has 0 saturated heterocycles. The van der Waals surface area contributed by atoms with Crippen LogP contribution in [-0.2, 0) is 9.84 Å². The van der Waals surface area contributed by atoms with Crippen LogP contribution in [0.15, 0.2) is 0 Å². The summed E-state index contributed by atoms with van der Waals surface area (Å²) >= 11 is 0. The van der Waals surface area contributed by atoms with E-state index in [9.17, 15) is 8.42 Å². The van der Waals surface area contributed by atoms with E-state index in [0.29, 0.717) is 11.7 Å². The maximum atomic E-state index is 11.4. The van der Waals surface area contributed by atoms with Crippen LogP contribution in [-0.4, -0.2) is 26.0 Å². The first-order valence-corrected chi connectivity index (χ1v) is 6.31. The molecule has 1 rings (SSSR count). The molecule has 0 aliphatic heterocycles. The molecule has 1 aliphatic rings. The molecule has 0 heterocycles. The van der Waals surface area contributed by atoms with Crippen molar-refractivity contribution in [1.29, 1.82) is 0 Å². The van der Waals surface area contributed by atoms with E-state index in [1.807, 2.05) is 6.92 Å². The Labute approximate surface area is 74.3 Å². The molecule has 2 N–H and O–H groups in total. The molecule has 12 heavy (non-hydrogen) atoms. The van der Waals surface area contributed by atoms with Crippen LogP contribution in [0.4, 0.5) is 0 Å². The highest BCUT2D eigenvalue weighted by molar-refractivity contribution is 7.91. The summed E-state index contributed by atoms with van der Waals surface area (Å²) in [6.07, 6.45) is 2.91. The van der Waals surface area contributed by atoms with Crippen LogP contribution in [0.5, 0.6) is 0 Å². The van der Waals surface area contributed by atoms with Gasteiger partial charge in [-0.15, -0.1) is 0 Å². The maximum Gasteiger partial charge on any atom is 0.152 e. The van der Waals surface area contributed by atoms with Crippen molar-refractivity contribution in [3.05, 3.63) is 0 Å². The Morgan fingerprint density at radius 1 is 1.50 bits per heavy atom. The maximum absolute atomic E-state index is 11.4. The number of nitrogens with two attached hydrogens (primary N) is 1. The fourth-order valence-corrected chi connectivity index (χ4v) is 3.23. The van der Waals surface area contributed by atoms with Crippen LogP contribution < -0.4 is 5.73 Å². The van der Waals surface area contributed by atoms with E-state index in [1.54, 1.807) is 0 Å². The largest absolute Gasteiger partial charge is 0.327 e. The third-order valence-corrected chi connectivity index (χ3v) is 4.09. The Kier molecular flexibility index (Phi) is 3.12. The fourth-order valence-electron chi connectivity index (χ4n) is 1.16. The van der Waals surface area contributed by atoms with E-state index in [0.717, 1.165) is 19.3 Å². The SMILES string of the molecule is CCC(N)CS(=O)(=O)CC1CC1. The van der Waals surface area contributed by atoms with Gasteiger partial charge in [0.1, 0.15) is 0 Å². The Hall–Kier alpha value is -0.0900. The minimum Gasteiger partial charge on any atom is -0.327 e. The van der Waals surface area contributed by atoms with Crippen LogP contribution in [0.25, 0.3) is 0 Å². The van der Waals surface area contributed by atoms with Gasteiger partial charge in [-0.3, -0.25) is 0 Å². The summed E-state index contributed by atoms with van der Waals surface area (Å²) in [7, 11) is -2.85. The van der Waals surface area contributed by atoms with Crippen molar-refractivity contribution in [2.45, 2.75) is 32.2 Å². The van der Waals surface area contributed by atoms with Crippen molar-refractivity contribution in [2.75, 3.05) is 11.5 Å². The molecule has 0 bridgehead atoms. The Balaban J connectivity index is 2.36. The molecule has 4 heteroatoms. The van der Waals surface area contributed by atoms with E-state index >= 15 is 0 Å². The summed E-state index contributed by atoms with van der Waals surface area (Å²) in [5.41, 5.74) is 5.58. The van der Waals surface area contributed by atoms with Crippen molar-refractivity contribution >= 4 is 9.84 Å². The topological polar surface area (TPSA) is 60.2 Å². The second-order valence-electron chi connectivity index (χ2n) is 3.69.